The third-order valence-corrected chi connectivity index (χ3v) is 4.74. The van der Waals surface area contributed by atoms with Gasteiger partial charge in [0.2, 0.25) is 5.91 Å². The van der Waals surface area contributed by atoms with Crippen LogP contribution in [0, 0.1) is 0 Å². The summed E-state index contributed by atoms with van der Waals surface area (Å²) in [4.78, 5) is 14.8. The van der Waals surface area contributed by atoms with Crippen LogP contribution in [0.4, 0.5) is 5.69 Å². The molecule has 1 fully saturated rings. The Labute approximate surface area is 114 Å². The monoisotopic (exact) mass is 258 g/mol. The zero-order chi connectivity index (χ0) is 13.5. The Morgan fingerprint density at radius 2 is 2.05 bits per heavy atom. The van der Waals surface area contributed by atoms with Crippen LogP contribution in [0.2, 0.25) is 0 Å². The third-order valence-electron chi connectivity index (χ3n) is 4.74. The van der Waals surface area contributed by atoms with Gasteiger partial charge in [-0.25, -0.2) is 0 Å². The summed E-state index contributed by atoms with van der Waals surface area (Å²) in [5, 5.41) is 0. The van der Waals surface area contributed by atoms with Crippen LogP contribution in [0.1, 0.15) is 43.7 Å². The summed E-state index contributed by atoms with van der Waals surface area (Å²) in [5.41, 5.74) is 9.15. The Morgan fingerprint density at radius 3 is 2.68 bits per heavy atom. The SMILES string of the molecule is CCc1ccc2c(c1)C1(CCCC1)C(=O)N2CCN. The highest BCUT2D eigenvalue weighted by Gasteiger charge is 2.51. The van der Waals surface area contributed by atoms with Crippen molar-refractivity contribution in [3.05, 3.63) is 29.3 Å². The molecule has 19 heavy (non-hydrogen) atoms. The molecule has 0 saturated heterocycles. The summed E-state index contributed by atoms with van der Waals surface area (Å²) in [6.45, 7) is 3.33. The van der Waals surface area contributed by atoms with E-state index in [1.54, 1.807) is 0 Å². The number of rotatable bonds is 3. The number of carbonyl (C=O) groups is 1. The highest BCUT2D eigenvalue weighted by molar-refractivity contribution is 6.08. The van der Waals surface area contributed by atoms with Gasteiger partial charge in [-0.2, -0.15) is 0 Å². The lowest BCUT2D eigenvalue weighted by Gasteiger charge is -2.23. The first-order valence-electron chi connectivity index (χ1n) is 7.38. The number of amides is 1. The topological polar surface area (TPSA) is 46.3 Å². The van der Waals surface area contributed by atoms with Gasteiger partial charge in [0.25, 0.3) is 0 Å². The van der Waals surface area contributed by atoms with E-state index in [9.17, 15) is 4.79 Å². The molecule has 0 atom stereocenters. The molecular weight excluding hydrogens is 236 g/mol. The Kier molecular flexibility index (Phi) is 3.09. The number of aryl methyl sites for hydroxylation is 1. The molecule has 1 amide bonds. The molecular formula is C16H22N2O. The Morgan fingerprint density at radius 1 is 1.32 bits per heavy atom. The van der Waals surface area contributed by atoms with Crippen molar-refractivity contribution in [3.8, 4) is 0 Å². The van der Waals surface area contributed by atoms with E-state index in [2.05, 4.69) is 25.1 Å². The van der Waals surface area contributed by atoms with Crippen molar-refractivity contribution >= 4 is 11.6 Å². The normalized spacial score (nSPS) is 20.3. The van der Waals surface area contributed by atoms with Crippen LogP contribution in [0.25, 0.3) is 0 Å². The molecule has 1 saturated carbocycles. The standard InChI is InChI=1S/C16H22N2O/c1-2-12-5-6-14-13(11-12)16(7-3-4-8-16)15(19)18(14)10-9-17/h5-6,11H,2-4,7-10,17H2,1H3. The van der Waals surface area contributed by atoms with Crippen molar-refractivity contribution in [3.63, 3.8) is 0 Å². The lowest BCUT2D eigenvalue weighted by Crippen LogP contribution is -2.40. The van der Waals surface area contributed by atoms with Gasteiger partial charge in [-0.3, -0.25) is 4.79 Å². The van der Waals surface area contributed by atoms with E-state index in [4.69, 9.17) is 5.73 Å². The third kappa shape index (κ3) is 1.71. The zero-order valence-corrected chi connectivity index (χ0v) is 11.6. The largest absolute Gasteiger partial charge is 0.329 e. The fraction of sp³-hybridized carbons (Fsp3) is 0.562. The predicted octanol–water partition coefficient (Wildman–Crippen LogP) is 2.37. The summed E-state index contributed by atoms with van der Waals surface area (Å²) in [5.74, 6) is 0.290. The number of hydrogen-bond donors (Lipinski definition) is 1. The second-order valence-corrected chi connectivity index (χ2v) is 5.74. The maximum absolute atomic E-state index is 12.8. The smallest absolute Gasteiger partial charge is 0.237 e. The van der Waals surface area contributed by atoms with Crippen LogP contribution >= 0.6 is 0 Å². The van der Waals surface area contributed by atoms with Crippen LogP contribution in [0.5, 0.6) is 0 Å². The van der Waals surface area contributed by atoms with Gasteiger partial charge >= 0.3 is 0 Å². The average Bonchev–Trinajstić information content (AvgIpc) is 3.01. The van der Waals surface area contributed by atoms with Gasteiger partial charge in [0.15, 0.2) is 0 Å². The van der Waals surface area contributed by atoms with E-state index in [0.29, 0.717) is 19.0 Å². The molecule has 0 aromatic heterocycles. The molecule has 0 radical (unpaired) electrons. The van der Waals surface area contributed by atoms with Gasteiger partial charge in [0.1, 0.15) is 0 Å². The fourth-order valence-corrected chi connectivity index (χ4v) is 3.72. The molecule has 2 aliphatic rings. The molecule has 2 N–H and O–H groups in total. The van der Waals surface area contributed by atoms with Crippen molar-refractivity contribution < 1.29 is 4.79 Å². The molecule has 1 aromatic carbocycles. The molecule has 1 aliphatic carbocycles. The number of nitrogens with two attached hydrogens (primary N) is 1. The first-order chi connectivity index (χ1) is 9.23. The summed E-state index contributed by atoms with van der Waals surface area (Å²) in [7, 11) is 0. The van der Waals surface area contributed by atoms with Crippen molar-refractivity contribution in [2.24, 2.45) is 5.73 Å². The number of carbonyl (C=O) groups excluding carboxylic acids is 1. The zero-order valence-electron chi connectivity index (χ0n) is 11.6. The molecule has 1 heterocycles. The van der Waals surface area contributed by atoms with Crippen LogP contribution in [-0.4, -0.2) is 19.0 Å². The van der Waals surface area contributed by atoms with E-state index in [0.717, 1.165) is 37.8 Å². The highest BCUT2D eigenvalue weighted by atomic mass is 16.2. The van der Waals surface area contributed by atoms with Crippen LogP contribution < -0.4 is 10.6 Å². The molecule has 3 nitrogen and oxygen atoms in total. The minimum atomic E-state index is -0.227. The van der Waals surface area contributed by atoms with Gasteiger partial charge in [0.05, 0.1) is 5.41 Å². The van der Waals surface area contributed by atoms with Crippen LogP contribution in [0.15, 0.2) is 18.2 Å². The number of nitrogens with zero attached hydrogens (tertiary/aromatic N) is 1. The Hall–Kier alpha value is -1.35. The second-order valence-electron chi connectivity index (χ2n) is 5.74. The summed E-state index contributed by atoms with van der Waals surface area (Å²) in [6.07, 6.45) is 5.37. The maximum Gasteiger partial charge on any atom is 0.237 e. The van der Waals surface area contributed by atoms with Gasteiger partial charge in [0, 0.05) is 18.8 Å². The van der Waals surface area contributed by atoms with Gasteiger partial charge in [-0.1, -0.05) is 31.9 Å². The van der Waals surface area contributed by atoms with E-state index >= 15 is 0 Å². The molecule has 1 spiro atoms. The minimum absolute atomic E-state index is 0.227. The van der Waals surface area contributed by atoms with Gasteiger partial charge in [-0.05, 0) is 36.5 Å². The lowest BCUT2D eigenvalue weighted by molar-refractivity contribution is -0.123. The number of hydrogen-bond acceptors (Lipinski definition) is 2. The molecule has 3 heteroatoms. The first-order valence-corrected chi connectivity index (χ1v) is 7.38. The second kappa shape index (κ2) is 4.64. The van der Waals surface area contributed by atoms with Crippen LogP contribution in [-0.2, 0) is 16.6 Å². The predicted molar refractivity (Wildman–Crippen MR) is 77.4 cm³/mol. The fourth-order valence-electron chi connectivity index (χ4n) is 3.72. The number of benzene rings is 1. The van der Waals surface area contributed by atoms with E-state index in [1.165, 1.54) is 11.1 Å². The van der Waals surface area contributed by atoms with Crippen LogP contribution in [0.3, 0.4) is 0 Å². The summed E-state index contributed by atoms with van der Waals surface area (Å²) >= 11 is 0. The highest BCUT2D eigenvalue weighted by Crippen LogP contribution is 2.51. The average molecular weight is 258 g/mol. The molecule has 102 valence electrons. The minimum Gasteiger partial charge on any atom is -0.329 e. The van der Waals surface area contributed by atoms with E-state index in [-0.39, 0.29) is 5.41 Å². The first kappa shape index (κ1) is 12.7. The van der Waals surface area contributed by atoms with Gasteiger partial charge < -0.3 is 10.6 Å². The Balaban J connectivity index is 2.12. The summed E-state index contributed by atoms with van der Waals surface area (Å²) < 4.78 is 0. The molecule has 1 aromatic rings. The van der Waals surface area contributed by atoms with E-state index in [1.807, 2.05) is 4.90 Å². The van der Waals surface area contributed by atoms with Crippen molar-refractivity contribution in [2.45, 2.75) is 44.4 Å². The number of fused-ring (bicyclic) bond motifs is 2. The maximum atomic E-state index is 12.8. The summed E-state index contributed by atoms with van der Waals surface area (Å²) in [6, 6.07) is 6.52. The number of anilines is 1. The lowest BCUT2D eigenvalue weighted by atomic mass is 9.79. The van der Waals surface area contributed by atoms with Gasteiger partial charge in [-0.15, -0.1) is 0 Å². The van der Waals surface area contributed by atoms with Crippen molar-refractivity contribution in [1.29, 1.82) is 0 Å². The molecule has 3 rings (SSSR count). The van der Waals surface area contributed by atoms with E-state index < -0.39 is 0 Å². The van der Waals surface area contributed by atoms with Crippen molar-refractivity contribution in [2.75, 3.05) is 18.0 Å². The quantitative estimate of drug-likeness (QED) is 0.904. The molecule has 0 bridgehead atoms. The Bertz CT molecular complexity index is 503. The molecule has 0 unspecified atom stereocenters. The molecule has 1 aliphatic heterocycles. The van der Waals surface area contributed by atoms with Crippen molar-refractivity contribution in [1.82, 2.24) is 0 Å².